The smallest absolute Gasteiger partial charge is 0.269 e. The average molecular weight is 444 g/mol. The van der Waals surface area contributed by atoms with Gasteiger partial charge in [-0.05, 0) is 43.2 Å². The van der Waals surface area contributed by atoms with Crippen molar-refractivity contribution in [3.05, 3.63) is 64.8 Å². The Balaban J connectivity index is 1.64. The highest BCUT2D eigenvalue weighted by molar-refractivity contribution is 7.89. The van der Waals surface area contributed by atoms with Crippen LogP contribution in [-0.2, 0) is 21.4 Å². The number of hydrogen-bond acceptors (Lipinski definition) is 5. The Labute approximate surface area is 178 Å². The van der Waals surface area contributed by atoms with E-state index in [1.54, 1.807) is 6.07 Å². The van der Waals surface area contributed by atoms with Crippen LogP contribution >= 0.6 is 0 Å². The van der Waals surface area contributed by atoms with Gasteiger partial charge in [0.1, 0.15) is 12.4 Å². The van der Waals surface area contributed by atoms with Gasteiger partial charge in [0.05, 0.1) is 27.8 Å². The highest BCUT2D eigenvalue weighted by Gasteiger charge is 2.26. The number of halogens is 1. The van der Waals surface area contributed by atoms with Crippen molar-refractivity contribution in [3.63, 3.8) is 0 Å². The fraction of sp³-hybridized carbons (Fsp3) is 0.286. The molecule has 3 aromatic rings. The summed E-state index contributed by atoms with van der Waals surface area (Å²) < 4.78 is 42.3. The number of carbonyl (C=O) groups is 1. The van der Waals surface area contributed by atoms with Crippen LogP contribution in [0.1, 0.15) is 19.3 Å². The van der Waals surface area contributed by atoms with Crippen LogP contribution in [0, 0.1) is 5.82 Å². The van der Waals surface area contributed by atoms with E-state index in [1.807, 2.05) is 0 Å². The number of nitrogens with zero attached hydrogens (tertiary/aromatic N) is 3. The first-order valence-electron chi connectivity index (χ1n) is 9.90. The Hall–Kier alpha value is -3.11. The average Bonchev–Trinajstić information content (AvgIpc) is 2.77. The molecule has 4 rings (SSSR count). The first kappa shape index (κ1) is 21.1. The summed E-state index contributed by atoms with van der Waals surface area (Å²) in [7, 11) is -3.66. The first-order chi connectivity index (χ1) is 14.9. The third-order valence-corrected chi connectivity index (χ3v) is 7.11. The molecule has 0 saturated carbocycles. The van der Waals surface area contributed by atoms with Gasteiger partial charge in [-0.1, -0.05) is 18.6 Å². The van der Waals surface area contributed by atoms with Crippen molar-refractivity contribution in [1.29, 1.82) is 0 Å². The maximum atomic E-state index is 13.8. The van der Waals surface area contributed by atoms with Crippen molar-refractivity contribution < 1.29 is 17.6 Å². The maximum Gasteiger partial charge on any atom is 0.269 e. The van der Waals surface area contributed by atoms with E-state index >= 15 is 0 Å². The van der Waals surface area contributed by atoms with Crippen molar-refractivity contribution in [2.75, 3.05) is 18.4 Å². The predicted molar refractivity (Wildman–Crippen MR) is 114 cm³/mol. The van der Waals surface area contributed by atoms with Gasteiger partial charge in [-0.3, -0.25) is 14.2 Å². The number of amides is 1. The summed E-state index contributed by atoms with van der Waals surface area (Å²) >= 11 is 0. The van der Waals surface area contributed by atoms with E-state index in [0.29, 0.717) is 18.6 Å². The zero-order chi connectivity index (χ0) is 22.0. The number of anilines is 1. The number of aromatic nitrogens is 2. The van der Waals surface area contributed by atoms with Crippen LogP contribution in [0.15, 0.2) is 58.4 Å². The van der Waals surface area contributed by atoms with Crippen LogP contribution < -0.4 is 10.9 Å². The van der Waals surface area contributed by atoms with Crippen LogP contribution in [0.3, 0.4) is 0 Å². The molecule has 1 aromatic heterocycles. The molecular formula is C21H21FN4O4S. The second-order valence-corrected chi connectivity index (χ2v) is 9.26. The second kappa shape index (κ2) is 8.56. The highest BCUT2D eigenvalue weighted by Crippen LogP contribution is 2.23. The molecule has 1 N–H and O–H groups in total. The van der Waals surface area contributed by atoms with Crippen LogP contribution in [-0.4, -0.2) is 41.3 Å². The lowest BCUT2D eigenvalue weighted by molar-refractivity contribution is -0.116. The number of hydrogen-bond donors (Lipinski definition) is 1. The number of fused-ring (bicyclic) bond motifs is 1. The highest BCUT2D eigenvalue weighted by atomic mass is 32.2. The SMILES string of the molecule is O=C(Cn1c(=O)cnc2cc(S(=O)(=O)N3CCCCC3)ccc21)Nc1ccccc1F. The molecule has 0 radical (unpaired) electrons. The number of benzene rings is 2. The van der Waals surface area contributed by atoms with Gasteiger partial charge in [0, 0.05) is 13.1 Å². The molecule has 0 bridgehead atoms. The summed E-state index contributed by atoms with van der Waals surface area (Å²) in [4.78, 5) is 28.9. The van der Waals surface area contributed by atoms with Crippen LogP contribution in [0.2, 0.25) is 0 Å². The van der Waals surface area contributed by atoms with E-state index in [2.05, 4.69) is 10.3 Å². The number of nitrogens with one attached hydrogen (secondary N) is 1. The molecule has 8 nitrogen and oxygen atoms in total. The van der Waals surface area contributed by atoms with Gasteiger partial charge < -0.3 is 5.32 Å². The summed E-state index contributed by atoms with van der Waals surface area (Å²) in [5.74, 6) is -1.18. The lowest BCUT2D eigenvalue weighted by Gasteiger charge is -2.26. The molecule has 0 aliphatic carbocycles. The lowest BCUT2D eigenvalue weighted by Crippen LogP contribution is -2.35. The number of para-hydroxylation sites is 1. The fourth-order valence-corrected chi connectivity index (χ4v) is 5.16. The molecule has 1 aliphatic heterocycles. The predicted octanol–water partition coefficient (Wildman–Crippen LogP) is 2.35. The molecule has 1 fully saturated rings. The van der Waals surface area contributed by atoms with E-state index in [9.17, 15) is 22.4 Å². The van der Waals surface area contributed by atoms with Gasteiger partial charge in [0.15, 0.2) is 0 Å². The van der Waals surface area contributed by atoms with E-state index in [0.717, 1.165) is 25.5 Å². The van der Waals surface area contributed by atoms with Crippen molar-refractivity contribution in [1.82, 2.24) is 13.9 Å². The monoisotopic (exact) mass is 444 g/mol. The van der Waals surface area contributed by atoms with Crippen molar-refractivity contribution in [3.8, 4) is 0 Å². The quantitative estimate of drug-likeness (QED) is 0.651. The second-order valence-electron chi connectivity index (χ2n) is 7.33. The molecule has 162 valence electrons. The molecule has 1 aliphatic rings. The van der Waals surface area contributed by atoms with Gasteiger partial charge in [-0.15, -0.1) is 0 Å². The Morgan fingerprint density at radius 3 is 2.58 bits per heavy atom. The fourth-order valence-electron chi connectivity index (χ4n) is 3.62. The van der Waals surface area contributed by atoms with Gasteiger partial charge in [-0.25, -0.2) is 17.8 Å². The van der Waals surface area contributed by atoms with Crippen LogP contribution in [0.4, 0.5) is 10.1 Å². The summed E-state index contributed by atoms with van der Waals surface area (Å²) in [6.45, 7) is 0.581. The number of carbonyl (C=O) groups excluding carboxylic acids is 1. The molecule has 31 heavy (non-hydrogen) atoms. The molecule has 0 atom stereocenters. The molecular weight excluding hydrogens is 423 g/mol. The normalized spacial score (nSPS) is 15.1. The van der Waals surface area contributed by atoms with Crippen molar-refractivity contribution in [2.24, 2.45) is 0 Å². The molecule has 2 aromatic carbocycles. The third kappa shape index (κ3) is 4.35. The minimum Gasteiger partial charge on any atom is -0.322 e. The zero-order valence-electron chi connectivity index (χ0n) is 16.6. The Morgan fingerprint density at radius 2 is 1.84 bits per heavy atom. The number of sulfonamides is 1. The third-order valence-electron chi connectivity index (χ3n) is 5.22. The van der Waals surface area contributed by atoms with E-state index in [1.165, 1.54) is 45.3 Å². The van der Waals surface area contributed by atoms with Gasteiger partial charge in [0.25, 0.3) is 5.56 Å². The molecule has 10 heteroatoms. The molecule has 0 spiro atoms. The summed E-state index contributed by atoms with van der Waals surface area (Å²) in [6, 6.07) is 10.0. The molecule has 1 saturated heterocycles. The number of rotatable bonds is 5. The molecule has 2 heterocycles. The molecule has 1 amide bonds. The largest absolute Gasteiger partial charge is 0.322 e. The van der Waals surface area contributed by atoms with Crippen LogP contribution in [0.25, 0.3) is 11.0 Å². The van der Waals surface area contributed by atoms with Crippen molar-refractivity contribution >= 4 is 32.7 Å². The standard InChI is InChI=1S/C21H21FN4O4S/c22-16-6-2-3-7-17(16)24-20(27)14-26-19-9-8-15(12-18(19)23-13-21(26)28)31(29,30)25-10-4-1-5-11-25/h2-3,6-9,12-13H,1,4-5,10-11,14H2,(H,24,27). The van der Waals surface area contributed by atoms with E-state index < -0.39 is 27.3 Å². The van der Waals surface area contributed by atoms with Crippen LogP contribution in [0.5, 0.6) is 0 Å². The topological polar surface area (TPSA) is 101 Å². The minimum atomic E-state index is -3.66. The maximum absolute atomic E-state index is 13.8. The summed E-state index contributed by atoms with van der Waals surface area (Å²) in [5, 5.41) is 2.43. The van der Waals surface area contributed by atoms with Gasteiger partial charge in [-0.2, -0.15) is 4.31 Å². The lowest BCUT2D eigenvalue weighted by atomic mass is 10.2. The van der Waals surface area contributed by atoms with Crippen molar-refractivity contribution in [2.45, 2.75) is 30.7 Å². The Bertz CT molecular complexity index is 1300. The van der Waals surface area contributed by atoms with Gasteiger partial charge in [0.2, 0.25) is 15.9 Å². The Morgan fingerprint density at radius 1 is 1.10 bits per heavy atom. The Kier molecular flexibility index (Phi) is 5.84. The molecule has 0 unspecified atom stereocenters. The van der Waals surface area contributed by atoms with E-state index in [4.69, 9.17) is 0 Å². The summed E-state index contributed by atoms with van der Waals surface area (Å²) in [5.41, 5.74) is 0.0711. The zero-order valence-corrected chi connectivity index (χ0v) is 17.4. The number of piperidine rings is 1. The first-order valence-corrected chi connectivity index (χ1v) is 11.3. The van der Waals surface area contributed by atoms with Gasteiger partial charge >= 0.3 is 0 Å². The summed E-state index contributed by atoms with van der Waals surface area (Å²) in [6.07, 6.45) is 3.69. The minimum absolute atomic E-state index is 0.00817. The van der Waals surface area contributed by atoms with E-state index in [-0.39, 0.29) is 22.6 Å².